The average molecular weight is 739 g/mol. The van der Waals surface area contributed by atoms with E-state index in [1.54, 1.807) is 11.1 Å². The van der Waals surface area contributed by atoms with Gasteiger partial charge in [0, 0.05) is 13.1 Å². The molecule has 0 spiro atoms. The predicted molar refractivity (Wildman–Crippen MR) is 205 cm³/mol. The molecule has 4 N–H and O–H groups in total. The molecule has 14 heteroatoms. The summed E-state index contributed by atoms with van der Waals surface area (Å²) in [4.78, 5) is 70.9. The maximum absolute atomic E-state index is 13.5. The number of alkyl carbamates (subject to hydrolysis) is 2. The Morgan fingerprint density at radius 2 is 1.30 bits per heavy atom. The first kappa shape index (κ1) is 38.1. The minimum Gasteiger partial charge on any atom is -0.453 e. The molecule has 4 aromatic rings. The van der Waals surface area contributed by atoms with Crippen molar-refractivity contribution in [1.29, 1.82) is 0 Å². The maximum atomic E-state index is 13.5. The number of methoxy groups -OCH3 is 2. The van der Waals surface area contributed by atoms with Crippen LogP contribution in [0.25, 0.3) is 34.4 Å². The van der Waals surface area contributed by atoms with E-state index in [4.69, 9.17) is 14.5 Å². The highest BCUT2D eigenvalue weighted by atomic mass is 16.5. The van der Waals surface area contributed by atoms with Crippen LogP contribution in [0, 0.1) is 11.8 Å². The van der Waals surface area contributed by atoms with Gasteiger partial charge in [0.1, 0.15) is 23.7 Å². The number of imidazole rings is 2. The number of fused-ring (bicyclic) bond motifs is 1. The van der Waals surface area contributed by atoms with E-state index in [9.17, 15) is 19.2 Å². The zero-order chi connectivity index (χ0) is 38.5. The van der Waals surface area contributed by atoms with Crippen LogP contribution in [-0.4, -0.2) is 93.1 Å². The number of H-pyrrole nitrogens is 2. The van der Waals surface area contributed by atoms with Gasteiger partial charge in [-0.1, -0.05) is 70.2 Å². The normalized spacial score (nSPS) is 18.4. The van der Waals surface area contributed by atoms with Gasteiger partial charge in [0.2, 0.25) is 11.8 Å². The van der Waals surface area contributed by atoms with Crippen LogP contribution in [0.4, 0.5) is 9.59 Å². The zero-order valence-corrected chi connectivity index (χ0v) is 31.7. The maximum Gasteiger partial charge on any atom is 0.407 e. The Balaban J connectivity index is 1.11. The van der Waals surface area contributed by atoms with Crippen LogP contribution >= 0.6 is 0 Å². The van der Waals surface area contributed by atoms with Crippen LogP contribution in [0.15, 0.2) is 48.7 Å². The van der Waals surface area contributed by atoms with Crippen LogP contribution in [0.3, 0.4) is 0 Å². The third-order valence-electron chi connectivity index (χ3n) is 10.3. The summed E-state index contributed by atoms with van der Waals surface area (Å²) in [7, 11) is 2.58. The van der Waals surface area contributed by atoms with Crippen molar-refractivity contribution in [2.75, 3.05) is 27.3 Å². The molecule has 2 aliphatic heterocycles. The van der Waals surface area contributed by atoms with E-state index >= 15 is 0 Å². The van der Waals surface area contributed by atoms with E-state index in [2.05, 4.69) is 25.6 Å². The smallest absolute Gasteiger partial charge is 0.407 e. The molecule has 0 unspecified atom stereocenters. The third-order valence-corrected chi connectivity index (χ3v) is 10.3. The summed E-state index contributed by atoms with van der Waals surface area (Å²) < 4.78 is 9.50. The Labute approximate surface area is 315 Å². The van der Waals surface area contributed by atoms with E-state index in [0.29, 0.717) is 13.1 Å². The van der Waals surface area contributed by atoms with Crippen molar-refractivity contribution >= 4 is 47.2 Å². The van der Waals surface area contributed by atoms with Gasteiger partial charge in [-0.3, -0.25) is 9.59 Å². The molecule has 4 amide bonds. The van der Waals surface area contributed by atoms with Crippen molar-refractivity contribution in [2.45, 2.75) is 77.5 Å². The van der Waals surface area contributed by atoms with Crippen LogP contribution in [0.5, 0.6) is 0 Å². The van der Waals surface area contributed by atoms with E-state index < -0.39 is 24.3 Å². The van der Waals surface area contributed by atoms with Gasteiger partial charge in [-0.2, -0.15) is 0 Å². The van der Waals surface area contributed by atoms with Crippen molar-refractivity contribution < 1.29 is 28.7 Å². The van der Waals surface area contributed by atoms with E-state index in [-0.39, 0.29) is 35.7 Å². The Morgan fingerprint density at radius 1 is 0.759 bits per heavy atom. The lowest BCUT2D eigenvalue weighted by Crippen LogP contribution is -2.51. The van der Waals surface area contributed by atoms with Gasteiger partial charge in [0.15, 0.2) is 0 Å². The molecule has 0 saturated carbocycles. The van der Waals surface area contributed by atoms with Crippen LogP contribution in [0.2, 0.25) is 0 Å². The number of rotatable bonds is 11. The summed E-state index contributed by atoms with van der Waals surface area (Å²) in [6.45, 7) is 8.79. The number of aromatic amines is 2. The summed E-state index contributed by atoms with van der Waals surface area (Å²) in [5.41, 5.74) is 5.55. The second-order valence-corrected chi connectivity index (χ2v) is 14.6. The molecule has 2 saturated heterocycles. The number of hydrogen-bond acceptors (Lipinski definition) is 8. The molecule has 2 aromatic carbocycles. The number of aromatic nitrogens is 4. The van der Waals surface area contributed by atoms with Crippen LogP contribution < -0.4 is 10.6 Å². The van der Waals surface area contributed by atoms with Crippen molar-refractivity contribution in [3.8, 4) is 11.3 Å². The Bertz CT molecular complexity index is 2000. The fourth-order valence-corrected chi connectivity index (χ4v) is 7.31. The highest BCUT2D eigenvalue weighted by Crippen LogP contribution is 2.34. The molecular formula is C40H50N8O6. The average Bonchev–Trinajstić information content (AvgIpc) is 4.00. The van der Waals surface area contributed by atoms with Gasteiger partial charge in [0.05, 0.1) is 49.2 Å². The number of carbonyl (C=O) groups excluding carboxylic acids is 4. The van der Waals surface area contributed by atoms with Crippen LogP contribution in [0.1, 0.15) is 88.2 Å². The fraction of sp³-hybridized carbons (Fsp3) is 0.450. The summed E-state index contributed by atoms with van der Waals surface area (Å²) in [6, 6.07) is 12.4. The van der Waals surface area contributed by atoms with Gasteiger partial charge < -0.3 is 39.9 Å². The quantitative estimate of drug-likeness (QED) is 0.131. The fourth-order valence-electron chi connectivity index (χ4n) is 7.31. The molecule has 14 nitrogen and oxygen atoms in total. The van der Waals surface area contributed by atoms with E-state index in [1.807, 2.05) is 87.2 Å². The van der Waals surface area contributed by atoms with Gasteiger partial charge in [0.25, 0.3) is 0 Å². The number of hydrogen-bond donors (Lipinski definition) is 4. The summed E-state index contributed by atoms with van der Waals surface area (Å²) in [6.07, 6.45) is 7.91. The van der Waals surface area contributed by atoms with Gasteiger partial charge in [-0.25, -0.2) is 19.6 Å². The Kier molecular flexibility index (Phi) is 11.7. The molecule has 0 bridgehead atoms. The SMILES string of the molecule is COC(=O)N[C@H](C(=O)N1CCC[C@@H]1c1ncc(-c2ccc(/C=C/c3ccc4nc([C@@H]5CCCN5C(=O)[C@H](NC(=O)OC)C(C)C)[nH]c4c3)cc2)[nH]1)C(C)C. The number of benzene rings is 2. The number of likely N-dealkylation sites (tertiary alicyclic amines) is 2. The van der Waals surface area contributed by atoms with Crippen molar-refractivity contribution in [1.82, 2.24) is 40.4 Å². The topological polar surface area (TPSA) is 175 Å². The number of nitrogens with one attached hydrogen (secondary N) is 4. The molecule has 286 valence electrons. The highest BCUT2D eigenvalue weighted by molar-refractivity contribution is 5.87. The minimum absolute atomic E-state index is 0.103. The molecule has 6 rings (SSSR count). The molecule has 0 radical (unpaired) electrons. The molecule has 4 atom stereocenters. The van der Waals surface area contributed by atoms with E-state index in [0.717, 1.165) is 70.7 Å². The van der Waals surface area contributed by atoms with Crippen molar-refractivity contribution in [3.63, 3.8) is 0 Å². The first-order valence-corrected chi connectivity index (χ1v) is 18.6. The minimum atomic E-state index is -0.688. The second-order valence-electron chi connectivity index (χ2n) is 14.6. The molecule has 4 heterocycles. The number of nitrogens with zero attached hydrogens (tertiary/aromatic N) is 4. The Hall–Kier alpha value is -5.66. The number of carbonyl (C=O) groups is 4. The Morgan fingerprint density at radius 3 is 1.85 bits per heavy atom. The van der Waals surface area contributed by atoms with Crippen LogP contribution in [-0.2, 0) is 19.1 Å². The lowest BCUT2D eigenvalue weighted by molar-refractivity contribution is -0.136. The monoisotopic (exact) mass is 738 g/mol. The molecule has 2 aliphatic rings. The standard InChI is InChI=1S/C40H50N8O6/c1-23(2)33(45-39(51)53-5)37(49)47-19-7-9-31(47)35-41-22-30(44-35)27-16-13-25(14-17-27)11-12-26-15-18-28-29(21-26)43-36(42-28)32-10-8-20-48(32)38(50)34(24(3)4)46-40(52)54-6/h11-18,21-24,31-34H,7-10,19-20H2,1-6H3,(H,41,44)(H,42,43)(H,45,51)(H,46,52)/b12-11+/t31-,32+,33+,34-/m1/s1. The molecule has 0 aliphatic carbocycles. The summed E-state index contributed by atoms with van der Waals surface area (Å²) in [5, 5.41) is 5.39. The highest BCUT2D eigenvalue weighted by Gasteiger charge is 2.39. The van der Waals surface area contributed by atoms with Gasteiger partial charge in [-0.15, -0.1) is 0 Å². The van der Waals surface area contributed by atoms with Gasteiger partial charge >= 0.3 is 12.2 Å². The second kappa shape index (κ2) is 16.6. The zero-order valence-electron chi connectivity index (χ0n) is 31.7. The predicted octanol–water partition coefficient (Wildman–Crippen LogP) is 6.21. The first-order chi connectivity index (χ1) is 26.0. The van der Waals surface area contributed by atoms with E-state index in [1.165, 1.54) is 14.2 Å². The lowest BCUT2D eigenvalue weighted by atomic mass is 10.0. The molecule has 54 heavy (non-hydrogen) atoms. The summed E-state index contributed by atoms with van der Waals surface area (Å²) >= 11 is 0. The third kappa shape index (κ3) is 8.27. The molecule has 2 aromatic heterocycles. The van der Waals surface area contributed by atoms with Crippen molar-refractivity contribution in [3.05, 3.63) is 71.4 Å². The first-order valence-electron chi connectivity index (χ1n) is 18.6. The lowest BCUT2D eigenvalue weighted by Gasteiger charge is -2.30. The number of amides is 4. The van der Waals surface area contributed by atoms with Crippen molar-refractivity contribution in [2.24, 2.45) is 11.8 Å². The molecular weight excluding hydrogens is 688 g/mol. The molecule has 2 fully saturated rings. The number of ether oxygens (including phenoxy) is 2. The largest absolute Gasteiger partial charge is 0.453 e. The summed E-state index contributed by atoms with van der Waals surface area (Å²) in [5.74, 6) is 0.968. The van der Waals surface area contributed by atoms with Gasteiger partial charge in [-0.05, 0) is 66.3 Å².